The van der Waals surface area contributed by atoms with Crippen LogP contribution < -0.4 is 16.0 Å². The number of hydrogen-bond acceptors (Lipinski definition) is 5. The van der Waals surface area contributed by atoms with E-state index < -0.39 is 0 Å². The highest BCUT2D eigenvalue weighted by Gasteiger charge is 2.12. The van der Waals surface area contributed by atoms with Crippen molar-refractivity contribution in [3.8, 4) is 0 Å². The zero-order chi connectivity index (χ0) is 17.4. The van der Waals surface area contributed by atoms with E-state index in [1.807, 2.05) is 25.3 Å². The first-order valence-electron chi connectivity index (χ1n) is 7.89. The van der Waals surface area contributed by atoms with Gasteiger partial charge in [0.15, 0.2) is 0 Å². The Hall–Kier alpha value is -2.41. The molecular weight excluding hydrogens is 324 g/mol. The molecule has 2 heterocycles. The maximum atomic E-state index is 12.3. The van der Waals surface area contributed by atoms with Crippen molar-refractivity contribution in [3.63, 3.8) is 0 Å². The first kappa shape index (κ1) is 17.9. The third kappa shape index (κ3) is 5.34. The first-order valence-corrected chi connectivity index (χ1v) is 8.77. The highest BCUT2D eigenvalue weighted by molar-refractivity contribution is 7.12. The molecule has 0 aliphatic heterocycles. The summed E-state index contributed by atoms with van der Waals surface area (Å²) in [6.45, 7) is 4.99. The van der Waals surface area contributed by atoms with Gasteiger partial charge in [-0.2, -0.15) is 0 Å². The molecule has 2 aromatic rings. The van der Waals surface area contributed by atoms with Crippen molar-refractivity contribution in [2.45, 2.75) is 26.3 Å². The lowest BCUT2D eigenvalue weighted by Crippen LogP contribution is -2.30. The predicted octanol–water partition coefficient (Wildman–Crippen LogP) is 2.51. The predicted molar refractivity (Wildman–Crippen MR) is 96.6 cm³/mol. The number of nitrogens with one attached hydrogen (secondary N) is 3. The maximum Gasteiger partial charge on any atom is 0.261 e. The fourth-order valence-corrected chi connectivity index (χ4v) is 2.70. The van der Waals surface area contributed by atoms with Gasteiger partial charge in [-0.05, 0) is 43.8 Å². The number of carbonyl (C=O) groups excluding carboxylic acids is 2. The molecule has 0 aromatic carbocycles. The number of aromatic nitrogens is 1. The van der Waals surface area contributed by atoms with Crippen LogP contribution in [-0.4, -0.2) is 35.9 Å². The topological polar surface area (TPSA) is 83.1 Å². The Morgan fingerprint density at radius 2 is 1.88 bits per heavy atom. The van der Waals surface area contributed by atoms with Gasteiger partial charge in [0.25, 0.3) is 11.8 Å². The van der Waals surface area contributed by atoms with Crippen LogP contribution in [0.5, 0.6) is 0 Å². The molecule has 3 N–H and O–H groups in total. The molecular formula is C17H22N4O2S. The van der Waals surface area contributed by atoms with Gasteiger partial charge in [0.05, 0.1) is 10.4 Å². The Labute approximate surface area is 145 Å². The van der Waals surface area contributed by atoms with Crippen LogP contribution in [0.4, 0.5) is 5.82 Å². The molecule has 0 unspecified atom stereocenters. The van der Waals surface area contributed by atoms with Gasteiger partial charge in [-0.3, -0.25) is 9.59 Å². The average Bonchev–Trinajstić information content (AvgIpc) is 3.08. The SMILES string of the molecule is CC(C)Nc1ncccc1C(=O)NCCCNC(=O)c1cccs1. The van der Waals surface area contributed by atoms with Gasteiger partial charge in [-0.1, -0.05) is 6.07 Å². The summed E-state index contributed by atoms with van der Waals surface area (Å²) in [6.07, 6.45) is 2.32. The molecule has 0 atom stereocenters. The van der Waals surface area contributed by atoms with Crippen molar-refractivity contribution in [2.75, 3.05) is 18.4 Å². The van der Waals surface area contributed by atoms with E-state index in [-0.39, 0.29) is 17.9 Å². The first-order chi connectivity index (χ1) is 11.6. The van der Waals surface area contributed by atoms with Crippen LogP contribution in [0.2, 0.25) is 0 Å². The van der Waals surface area contributed by atoms with Crippen molar-refractivity contribution in [3.05, 3.63) is 46.3 Å². The standard InChI is InChI=1S/C17H22N4O2S/c1-12(2)21-15-13(6-3-8-18-15)16(22)19-9-5-10-20-17(23)14-7-4-11-24-14/h3-4,6-8,11-12H,5,9-10H2,1-2H3,(H,18,21)(H,19,22)(H,20,23). The van der Waals surface area contributed by atoms with E-state index in [0.29, 0.717) is 35.8 Å². The van der Waals surface area contributed by atoms with E-state index in [1.165, 1.54) is 11.3 Å². The molecule has 0 bridgehead atoms. The Morgan fingerprint density at radius 1 is 1.12 bits per heavy atom. The molecule has 0 aliphatic rings. The minimum atomic E-state index is -0.171. The molecule has 128 valence electrons. The number of rotatable bonds is 8. The summed E-state index contributed by atoms with van der Waals surface area (Å²) in [7, 11) is 0. The van der Waals surface area contributed by atoms with Gasteiger partial charge in [0, 0.05) is 25.3 Å². The number of hydrogen-bond donors (Lipinski definition) is 3. The van der Waals surface area contributed by atoms with Gasteiger partial charge in [0.1, 0.15) is 5.82 Å². The highest BCUT2D eigenvalue weighted by atomic mass is 32.1. The van der Waals surface area contributed by atoms with Crippen LogP contribution >= 0.6 is 11.3 Å². The van der Waals surface area contributed by atoms with Crippen molar-refractivity contribution in [1.29, 1.82) is 0 Å². The molecule has 2 amide bonds. The Bertz CT molecular complexity index is 671. The third-order valence-corrected chi connectivity index (χ3v) is 4.02. The average molecular weight is 346 g/mol. The second-order valence-electron chi connectivity index (χ2n) is 5.54. The fraction of sp³-hybridized carbons (Fsp3) is 0.353. The summed E-state index contributed by atoms with van der Waals surface area (Å²) in [5, 5.41) is 10.7. The van der Waals surface area contributed by atoms with Crippen LogP contribution in [0.1, 0.15) is 40.3 Å². The molecule has 0 saturated carbocycles. The Balaban J connectivity index is 1.74. The molecule has 0 spiro atoms. The van der Waals surface area contributed by atoms with E-state index in [1.54, 1.807) is 24.4 Å². The largest absolute Gasteiger partial charge is 0.367 e. The third-order valence-electron chi connectivity index (χ3n) is 3.15. The molecule has 2 aromatic heterocycles. The van der Waals surface area contributed by atoms with Gasteiger partial charge < -0.3 is 16.0 Å². The summed E-state index contributed by atoms with van der Waals surface area (Å²) >= 11 is 1.41. The Kier molecular flexibility index (Phi) is 6.74. The van der Waals surface area contributed by atoms with Gasteiger partial charge >= 0.3 is 0 Å². The minimum absolute atomic E-state index is 0.0768. The van der Waals surface area contributed by atoms with Crippen LogP contribution in [0.15, 0.2) is 35.8 Å². The number of thiophene rings is 1. The van der Waals surface area contributed by atoms with Crippen molar-refractivity contribution in [1.82, 2.24) is 15.6 Å². The monoisotopic (exact) mass is 346 g/mol. The van der Waals surface area contributed by atoms with Crippen molar-refractivity contribution >= 4 is 29.0 Å². The van der Waals surface area contributed by atoms with Crippen LogP contribution in [-0.2, 0) is 0 Å². The van der Waals surface area contributed by atoms with Gasteiger partial charge in [0.2, 0.25) is 0 Å². The summed E-state index contributed by atoms with van der Waals surface area (Å²) < 4.78 is 0. The molecule has 7 heteroatoms. The summed E-state index contributed by atoms with van der Waals surface area (Å²) in [5.74, 6) is 0.332. The maximum absolute atomic E-state index is 12.3. The van der Waals surface area contributed by atoms with E-state index in [2.05, 4.69) is 20.9 Å². The number of amides is 2. The molecule has 6 nitrogen and oxygen atoms in total. The van der Waals surface area contributed by atoms with E-state index in [9.17, 15) is 9.59 Å². The van der Waals surface area contributed by atoms with Crippen LogP contribution in [0.3, 0.4) is 0 Å². The van der Waals surface area contributed by atoms with E-state index in [0.717, 1.165) is 0 Å². The lowest BCUT2D eigenvalue weighted by Gasteiger charge is -2.13. The zero-order valence-electron chi connectivity index (χ0n) is 13.8. The molecule has 0 fully saturated rings. The Morgan fingerprint density at radius 3 is 2.54 bits per heavy atom. The molecule has 0 aliphatic carbocycles. The summed E-state index contributed by atoms with van der Waals surface area (Å²) in [5.41, 5.74) is 0.522. The summed E-state index contributed by atoms with van der Waals surface area (Å²) in [4.78, 5) is 28.9. The van der Waals surface area contributed by atoms with Crippen molar-refractivity contribution in [2.24, 2.45) is 0 Å². The molecule has 2 rings (SSSR count). The molecule has 24 heavy (non-hydrogen) atoms. The normalized spacial score (nSPS) is 10.5. The highest BCUT2D eigenvalue weighted by Crippen LogP contribution is 2.12. The lowest BCUT2D eigenvalue weighted by atomic mass is 10.2. The second kappa shape index (κ2) is 9.02. The van der Waals surface area contributed by atoms with Gasteiger partial charge in [-0.25, -0.2) is 4.98 Å². The van der Waals surface area contributed by atoms with Crippen LogP contribution in [0, 0.1) is 0 Å². The van der Waals surface area contributed by atoms with Crippen molar-refractivity contribution < 1.29 is 9.59 Å². The quantitative estimate of drug-likeness (QED) is 0.641. The number of pyridine rings is 1. The van der Waals surface area contributed by atoms with Crippen LogP contribution in [0.25, 0.3) is 0 Å². The minimum Gasteiger partial charge on any atom is -0.367 e. The van der Waals surface area contributed by atoms with Gasteiger partial charge in [-0.15, -0.1) is 11.3 Å². The smallest absolute Gasteiger partial charge is 0.261 e. The summed E-state index contributed by atoms with van der Waals surface area (Å²) in [6, 6.07) is 7.30. The van der Waals surface area contributed by atoms with E-state index in [4.69, 9.17) is 0 Å². The van der Waals surface area contributed by atoms with E-state index >= 15 is 0 Å². The number of nitrogens with zero attached hydrogens (tertiary/aromatic N) is 1. The number of anilines is 1. The zero-order valence-corrected chi connectivity index (χ0v) is 14.7. The molecule has 0 radical (unpaired) electrons. The number of carbonyl (C=O) groups is 2. The second-order valence-corrected chi connectivity index (χ2v) is 6.49. The lowest BCUT2D eigenvalue weighted by molar-refractivity contribution is 0.0953. The fourth-order valence-electron chi connectivity index (χ4n) is 2.06. The molecule has 0 saturated heterocycles.